The monoisotopic (exact) mass is 323 g/mol. The van der Waals surface area contributed by atoms with Crippen LogP contribution in [0.15, 0.2) is 59.1 Å². The van der Waals surface area contributed by atoms with E-state index in [1.165, 1.54) is 7.11 Å². The third kappa shape index (κ3) is 3.30. The van der Waals surface area contributed by atoms with Gasteiger partial charge in [0.1, 0.15) is 29.4 Å². The Balaban J connectivity index is 1.85. The molecule has 0 atom stereocenters. The SMILES string of the molecule is COC(=O)c1c(-c2cccc(OCc3ccccc3)c2)noc1C. The Labute approximate surface area is 139 Å². The van der Waals surface area contributed by atoms with Crippen molar-refractivity contribution in [3.63, 3.8) is 0 Å². The zero-order chi connectivity index (χ0) is 16.9. The number of nitrogens with zero attached hydrogens (tertiary/aromatic N) is 1. The second-order valence-electron chi connectivity index (χ2n) is 5.26. The van der Waals surface area contributed by atoms with Crippen LogP contribution in [0.1, 0.15) is 21.7 Å². The first-order chi connectivity index (χ1) is 11.7. The Morgan fingerprint density at radius 2 is 1.92 bits per heavy atom. The zero-order valence-electron chi connectivity index (χ0n) is 13.5. The summed E-state index contributed by atoms with van der Waals surface area (Å²) in [6.45, 7) is 2.14. The number of aryl methyl sites for hydroxylation is 1. The summed E-state index contributed by atoms with van der Waals surface area (Å²) in [5.41, 5.74) is 2.59. The molecule has 1 heterocycles. The van der Waals surface area contributed by atoms with Gasteiger partial charge in [0, 0.05) is 5.56 Å². The van der Waals surface area contributed by atoms with Crippen LogP contribution in [0, 0.1) is 6.92 Å². The van der Waals surface area contributed by atoms with E-state index < -0.39 is 5.97 Å². The lowest BCUT2D eigenvalue weighted by Gasteiger charge is -2.08. The minimum atomic E-state index is -0.473. The predicted octanol–water partition coefficient (Wildman–Crippen LogP) is 4.02. The highest BCUT2D eigenvalue weighted by Gasteiger charge is 2.22. The van der Waals surface area contributed by atoms with Gasteiger partial charge in [-0.25, -0.2) is 4.79 Å². The van der Waals surface area contributed by atoms with Gasteiger partial charge < -0.3 is 14.0 Å². The predicted molar refractivity (Wildman–Crippen MR) is 88.8 cm³/mol. The van der Waals surface area contributed by atoms with Crippen molar-refractivity contribution in [2.75, 3.05) is 7.11 Å². The summed E-state index contributed by atoms with van der Waals surface area (Å²) < 4.78 is 15.8. The van der Waals surface area contributed by atoms with Crippen LogP contribution in [0.25, 0.3) is 11.3 Å². The largest absolute Gasteiger partial charge is 0.489 e. The lowest BCUT2D eigenvalue weighted by atomic mass is 10.1. The Kier molecular flexibility index (Phi) is 4.61. The maximum absolute atomic E-state index is 11.9. The molecular weight excluding hydrogens is 306 g/mol. The molecule has 0 fully saturated rings. The van der Waals surface area contributed by atoms with Gasteiger partial charge in [-0.05, 0) is 24.6 Å². The van der Waals surface area contributed by atoms with Crippen LogP contribution in [0.3, 0.4) is 0 Å². The highest BCUT2D eigenvalue weighted by atomic mass is 16.5. The number of benzene rings is 2. The maximum Gasteiger partial charge on any atom is 0.343 e. The van der Waals surface area contributed by atoms with Crippen molar-refractivity contribution >= 4 is 5.97 Å². The van der Waals surface area contributed by atoms with Crippen molar-refractivity contribution in [3.8, 4) is 17.0 Å². The van der Waals surface area contributed by atoms with Crippen molar-refractivity contribution in [2.24, 2.45) is 0 Å². The van der Waals surface area contributed by atoms with Gasteiger partial charge in [0.05, 0.1) is 7.11 Å². The van der Waals surface area contributed by atoms with Gasteiger partial charge in [0.25, 0.3) is 0 Å². The van der Waals surface area contributed by atoms with E-state index in [1.807, 2.05) is 54.6 Å². The Morgan fingerprint density at radius 1 is 1.12 bits per heavy atom. The molecule has 0 unspecified atom stereocenters. The third-order valence-electron chi connectivity index (χ3n) is 3.61. The summed E-state index contributed by atoms with van der Waals surface area (Å²) in [4.78, 5) is 11.9. The number of aromatic nitrogens is 1. The van der Waals surface area contributed by atoms with Gasteiger partial charge >= 0.3 is 5.97 Å². The normalized spacial score (nSPS) is 10.4. The molecule has 0 aliphatic carbocycles. The Hall–Kier alpha value is -3.08. The fourth-order valence-electron chi connectivity index (χ4n) is 2.39. The highest BCUT2D eigenvalue weighted by molar-refractivity contribution is 5.97. The fourth-order valence-corrected chi connectivity index (χ4v) is 2.39. The summed E-state index contributed by atoms with van der Waals surface area (Å²) in [7, 11) is 1.33. The molecule has 0 amide bonds. The van der Waals surface area contributed by atoms with E-state index in [9.17, 15) is 4.79 Å². The molecule has 5 heteroatoms. The van der Waals surface area contributed by atoms with E-state index >= 15 is 0 Å². The molecule has 2 aromatic carbocycles. The number of hydrogen-bond donors (Lipinski definition) is 0. The number of esters is 1. The van der Waals surface area contributed by atoms with Crippen molar-refractivity contribution in [2.45, 2.75) is 13.5 Å². The fraction of sp³-hybridized carbons (Fsp3) is 0.158. The molecule has 24 heavy (non-hydrogen) atoms. The third-order valence-corrected chi connectivity index (χ3v) is 3.61. The lowest BCUT2D eigenvalue weighted by molar-refractivity contribution is 0.0599. The molecule has 0 bridgehead atoms. The van der Waals surface area contributed by atoms with Crippen LogP contribution in [0.5, 0.6) is 5.75 Å². The minimum absolute atomic E-state index is 0.331. The quantitative estimate of drug-likeness (QED) is 0.664. The van der Waals surface area contributed by atoms with Crippen LogP contribution in [-0.2, 0) is 11.3 Å². The van der Waals surface area contributed by atoms with Crippen LogP contribution in [0.4, 0.5) is 0 Å². The second-order valence-corrected chi connectivity index (χ2v) is 5.26. The second kappa shape index (κ2) is 7.00. The molecule has 3 aromatic rings. The van der Waals surface area contributed by atoms with E-state index in [0.717, 1.165) is 11.1 Å². The van der Waals surface area contributed by atoms with Crippen LogP contribution in [0.2, 0.25) is 0 Å². The van der Waals surface area contributed by atoms with Gasteiger partial charge in [-0.2, -0.15) is 0 Å². The average Bonchev–Trinajstić information content (AvgIpc) is 3.02. The molecule has 5 nitrogen and oxygen atoms in total. The molecule has 0 saturated carbocycles. The van der Waals surface area contributed by atoms with Crippen molar-refractivity contribution in [1.29, 1.82) is 0 Å². The number of rotatable bonds is 5. The molecule has 0 spiro atoms. The van der Waals surface area contributed by atoms with Crippen LogP contribution in [-0.4, -0.2) is 18.2 Å². The van der Waals surface area contributed by atoms with E-state index in [0.29, 0.717) is 29.4 Å². The number of carbonyl (C=O) groups excluding carboxylic acids is 1. The Bertz CT molecular complexity index is 840. The molecule has 1 aromatic heterocycles. The number of carbonyl (C=O) groups is 1. The molecule has 3 rings (SSSR count). The highest BCUT2D eigenvalue weighted by Crippen LogP contribution is 2.28. The van der Waals surface area contributed by atoms with Crippen molar-refractivity contribution in [1.82, 2.24) is 5.16 Å². The summed E-state index contributed by atoms with van der Waals surface area (Å²) in [5, 5.41) is 3.98. The molecule has 122 valence electrons. The maximum atomic E-state index is 11.9. The first-order valence-electron chi connectivity index (χ1n) is 7.51. The standard InChI is InChI=1S/C19H17NO4/c1-13-17(19(21)22-2)18(20-24-13)15-9-6-10-16(11-15)23-12-14-7-4-3-5-8-14/h3-11H,12H2,1-2H3. The van der Waals surface area contributed by atoms with E-state index in [1.54, 1.807) is 6.92 Å². The lowest BCUT2D eigenvalue weighted by Crippen LogP contribution is -2.03. The summed E-state index contributed by atoms with van der Waals surface area (Å²) >= 11 is 0. The van der Waals surface area contributed by atoms with Gasteiger partial charge in [-0.15, -0.1) is 0 Å². The van der Waals surface area contributed by atoms with E-state index in [-0.39, 0.29) is 0 Å². The molecule has 0 aliphatic rings. The molecule has 0 saturated heterocycles. The average molecular weight is 323 g/mol. The number of methoxy groups -OCH3 is 1. The molecule has 0 radical (unpaired) electrons. The van der Waals surface area contributed by atoms with Crippen LogP contribution < -0.4 is 4.74 Å². The van der Waals surface area contributed by atoms with Crippen molar-refractivity contribution < 1.29 is 18.8 Å². The summed E-state index contributed by atoms with van der Waals surface area (Å²) in [6, 6.07) is 17.3. The number of hydrogen-bond acceptors (Lipinski definition) is 5. The first kappa shape index (κ1) is 15.8. The van der Waals surface area contributed by atoms with Crippen molar-refractivity contribution in [3.05, 3.63) is 71.5 Å². The molecule has 0 N–H and O–H groups in total. The molecular formula is C19H17NO4. The van der Waals surface area contributed by atoms with E-state index in [2.05, 4.69) is 5.16 Å². The van der Waals surface area contributed by atoms with Gasteiger partial charge in [-0.1, -0.05) is 47.6 Å². The van der Waals surface area contributed by atoms with Gasteiger partial charge in [0.2, 0.25) is 0 Å². The molecule has 0 aliphatic heterocycles. The first-order valence-corrected chi connectivity index (χ1v) is 7.51. The summed E-state index contributed by atoms with van der Waals surface area (Å²) in [6.07, 6.45) is 0. The smallest absolute Gasteiger partial charge is 0.343 e. The van der Waals surface area contributed by atoms with Gasteiger partial charge in [0.15, 0.2) is 0 Å². The van der Waals surface area contributed by atoms with E-state index in [4.69, 9.17) is 14.0 Å². The van der Waals surface area contributed by atoms with Gasteiger partial charge in [-0.3, -0.25) is 0 Å². The van der Waals surface area contributed by atoms with Crippen LogP contribution >= 0.6 is 0 Å². The number of ether oxygens (including phenoxy) is 2. The minimum Gasteiger partial charge on any atom is -0.489 e. The topological polar surface area (TPSA) is 61.6 Å². The summed E-state index contributed by atoms with van der Waals surface area (Å²) in [5.74, 6) is 0.639. The zero-order valence-corrected chi connectivity index (χ0v) is 13.5. The Morgan fingerprint density at radius 3 is 2.67 bits per heavy atom.